The van der Waals surface area contributed by atoms with Crippen molar-refractivity contribution in [3.63, 3.8) is 0 Å². The van der Waals surface area contributed by atoms with E-state index >= 15 is 0 Å². The van der Waals surface area contributed by atoms with E-state index in [1.807, 2.05) is 0 Å². The molecular formula is C15H12FNO4. The molecule has 0 spiro atoms. The third-order valence-corrected chi connectivity index (χ3v) is 2.62. The third kappa shape index (κ3) is 3.79. The maximum atomic E-state index is 13.3. The van der Waals surface area contributed by atoms with Gasteiger partial charge in [0.2, 0.25) is 0 Å². The number of hydrogen-bond acceptors (Lipinski definition) is 3. The van der Waals surface area contributed by atoms with Crippen molar-refractivity contribution >= 4 is 17.6 Å². The molecule has 2 aromatic carbocycles. The van der Waals surface area contributed by atoms with E-state index in [-0.39, 0.29) is 17.0 Å². The molecule has 0 atom stereocenters. The number of carbonyl (C=O) groups excluding carboxylic acids is 1. The number of benzene rings is 2. The maximum absolute atomic E-state index is 13.3. The van der Waals surface area contributed by atoms with Crippen LogP contribution >= 0.6 is 0 Å². The molecule has 0 heterocycles. The highest BCUT2D eigenvalue weighted by Gasteiger charge is 2.12. The molecule has 5 nitrogen and oxygen atoms in total. The van der Waals surface area contributed by atoms with E-state index < -0.39 is 24.3 Å². The van der Waals surface area contributed by atoms with Gasteiger partial charge in [0.25, 0.3) is 5.91 Å². The quantitative estimate of drug-likeness (QED) is 0.887. The van der Waals surface area contributed by atoms with Crippen LogP contribution in [0.2, 0.25) is 0 Å². The Kier molecular flexibility index (Phi) is 4.50. The summed E-state index contributed by atoms with van der Waals surface area (Å²) < 4.78 is 18.5. The molecule has 21 heavy (non-hydrogen) atoms. The number of hydrogen-bond donors (Lipinski definition) is 2. The van der Waals surface area contributed by atoms with Gasteiger partial charge in [0.15, 0.2) is 6.61 Å². The lowest BCUT2D eigenvalue weighted by Crippen LogP contribution is -2.21. The van der Waals surface area contributed by atoms with Crippen LogP contribution in [0.5, 0.6) is 5.75 Å². The minimum absolute atomic E-state index is 0.0395. The highest BCUT2D eigenvalue weighted by molar-refractivity contribution is 5.93. The molecule has 0 bridgehead atoms. The summed E-state index contributed by atoms with van der Waals surface area (Å²) in [6.45, 7) is -0.418. The monoisotopic (exact) mass is 289 g/mol. The molecule has 0 fully saturated rings. The zero-order valence-corrected chi connectivity index (χ0v) is 10.9. The number of para-hydroxylation sites is 2. The van der Waals surface area contributed by atoms with E-state index in [9.17, 15) is 14.0 Å². The summed E-state index contributed by atoms with van der Waals surface area (Å²) in [6, 6.07) is 11.7. The summed E-state index contributed by atoms with van der Waals surface area (Å²) in [5.41, 5.74) is -0.00573. The number of halogens is 1. The van der Waals surface area contributed by atoms with Gasteiger partial charge in [-0.15, -0.1) is 0 Å². The Morgan fingerprint density at radius 2 is 1.76 bits per heavy atom. The van der Waals surface area contributed by atoms with E-state index in [4.69, 9.17) is 9.84 Å². The van der Waals surface area contributed by atoms with E-state index in [2.05, 4.69) is 5.32 Å². The standard InChI is InChI=1S/C15H12FNO4/c16-11-6-2-3-7-12(11)17-14(18)9-21-13-8-4-1-5-10(13)15(19)20/h1-8H,9H2,(H,17,18)(H,19,20). The number of nitrogens with one attached hydrogen (secondary N) is 1. The zero-order chi connectivity index (χ0) is 15.2. The molecule has 0 saturated heterocycles. The predicted molar refractivity (Wildman–Crippen MR) is 73.9 cm³/mol. The normalized spacial score (nSPS) is 9.95. The first-order valence-corrected chi connectivity index (χ1v) is 6.07. The molecule has 2 rings (SSSR count). The molecule has 1 amide bonds. The first-order valence-electron chi connectivity index (χ1n) is 6.07. The predicted octanol–water partition coefficient (Wildman–Crippen LogP) is 2.54. The lowest BCUT2D eigenvalue weighted by molar-refractivity contribution is -0.118. The van der Waals surface area contributed by atoms with Gasteiger partial charge in [-0.1, -0.05) is 24.3 Å². The Labute approximate surface area is 120 Å². The first kappa shape index (κ1) is 14.5. The molecule has 0 aromatic heterocycles. The number of anilines is 1. The van der Waals surface area contributed by atoms with Gasteiger partial charge in [0, 0.05) is 0 Å². The topological polar surface area (TPSA) is 75.6 Å². The summed E-state index contributed by atoms with van der Waals surface area (Å²) in [5, 5.41) is 11.3. The van der Waals surface area contributed by atoms with Gasteiger partial charge in [-0.25, -0.2) is 9.18 Å². The lowest BCUT2D eigenvalue weighted by atomic mass is 10.2. The Balaban J connectivity index is 1.99. The molecule has 0 aliphatic heterocycles. The number of carboxylic acids is 1. The minimum Gasteiger partial charge on any atom is -0.483 e. The summed E-state index contributed by atoms with van der Waals surface area (Å²) in [4.78, 5) is 22.6. The van der Waals surface area contributed by atoms with Gasteiger partial charge >= 0.3 is 5.97 Å². The fourth-order valence-electron chi connectivity index (χ4n) is 1.66. The molecule has 0 aliphatic carbocycles. The second kappa shape index (κ2) is 6.51. The van der Waals surface area contributed by atoms with Crippen LogP contribution in [-0.2, 0) is 4.79 Å². The summed E-state index contributed by atoms with van der Waals surface area (Å²) in [6.07, 6.45) is 0. The fraction of sp³-hybridized carbons (Fsp3) is 0.0667. The Morgan fingerprint density at radius 1 is 1.10 bits per heavy atom. The summed E-state index contributed by atoms with van der Waals surface area (Å²) in [7, 11) is 0. The van der Waals surface area contributed by atoms with Crippen LogP contribution in [-0.4, -0.2) is 23.6 Å². The largest absolute Gasteiger partial charge is 0.483 e. The van der Waals surface area contributed by atoms with Gasteiger partial charge in [0.1, 0.15) is 17.1 Å². The maximum Gasteiger partial charge on any atom is 0.339 e. The first-order chi connectivity index (χ1) is 10.1. The molecule has 0 aliphatic rings. The van der Waals surface area contributed by atoms with Crippen LogP contribution in [0.3, 0.4) is 0 Å². The number of rotatable bonds is 5. The Bertz CT molecular complexity index is 672. The summed E-state index contributed by atoms with van der Waals surface area (Å²) >= 11 is 0. The van der Waals surface area contributed by atoms with Crippen LogP contribution in [0.1, 0.15) is 10.4 Å². The van der Waals surface area contributed by atoms with Crippen LogP contribution in [0.4, 0.5) is 10.1 Å². The third-order valence-electron chi connectivity index (χ3n) is 2.62. The highest BCUT2D eigenvalue weighted by atomic mass is 19.1. The molecule has 0 saturated carbocycles. The van der Waals surface area contributed by atoms with E-state index in [1.54, 1.807) is 18.2 Å². The average Bonchev–Trinajstić information content (AvgIpc) is 2.48. The Hall–Kier alpha value is -2.89. The van der Waals surface area contributed by atoms with Gasteiger partial charge in [-0.2, -0.15) is 0 Å². The van der Waals surface area contributed by atoms with Crippen molar-refractivity contribution in [3.8, 4) is 5.75 Å². The van der Waals surface area contributed by atoms with Crippen LogP contribution in [0.25, 0.3) is 0 Å². The van der Waals surface area contributed by atoms with Crippen LogP contribution in [0.15, 0.2) is 48.5 Å². The number of ether oxygens (including phenoxy) is 1. The number of carbonyl (C=O) groups is 2. The van der Waals surface area contributed by atoms with Crippen molar-refractivity contribution in [2.24, 2.45) is 0 Å². The van der Waals surface area contributed by atoms with E-state index in [0.717, 1.165) is 0 Å². The van der Waals surface area contributed by atoms with Crippen LogP contribution in [0, 0.1) is 5.82 Å². The molecule has 0 radical (unpaired) electrons. The summed E-state index contributed by atoms with van der Waals surface area (Å²) in [5.74, 6) is -2.22. The van der Waals surface area contributed by atoms with Crippen molar-refractivity contribution < 1.29 is 23.8 Å². The molecule has 0 unspecified atom stereocenters. The minimum atomic E-state index is -1.15. The molecule has 108 valence electrons. The van der Waals surface area contributed by atoms with Crippen molar-refractivity contribution in [1.82, 2.24) is 0 Å². The molecule has 6 heteroatoms. The molecule has 2 aromatic rings. The number of amides is 1. The van der Waals surface area contributed by atoms with Crippen molar-refractivity contribution in [2.45, 2.75) is 0 Å². The van der Waals surface area contributed by atoms with E-state index in [0.29, 0.717) is 0 Å². The number of carboxylic acid groups (broad SMARTS) is 1. The smallest absolute Gasteiger partial charge is 0.339 e. The van der Waals surface area contributed by atoms with Gasteiger partial charge < -0.3 is 15.2 Å². The Morgan fingerprint density at radius 3 is 2.48 bits per heavy atom. The average molecular weight is 289 g/mol. The number of aromatic carboxylic acids is 1. The zero-order valence-electron chi connectivity index (χ0n) is 10.9. The second-order valence-corrected chi connectivity index (χ2v) is 4.12. The van der Waals surface area contributed by atoms with Crippen molar-refractivity contribution in [1.29, 1.82) is 0 Å². The fourth-order valence-corrected chi connectivity index (χ4v) is 1.66. The van der Waals surface area contributed by atoms with Gasteiger partial charge in [0.05, 0.1) is 5.69 Å². The van der Waals surface area contributed by atoms with E-state index in [1.165, 1.54) is 30.3 Å². The second-order valence-electron chi connectivity index (χ2n) is 4.12. The van der Waals surface area contributed by atoms with Gasteiger partial charge in [-0.3, -0.25) is 4.79 Å². The van der Waals surface area contributed by atoms with Crippen molar-refractivity contribution in [3.05, 3.63) is 59.9 Å². The lowest BCUT2D eigenvalue weighted by Gasteiger charge is -2.09. The van der Waals surface area contributed by atoms with Crippen molar-refractivity contribution in [2.75, 3.05) is 11.9 Å². The molecule has 2 N–H and O–H groups in total. The highest BCUT2D eigenvalue weighted by Crippen LogP contribution is 2.18. The SMILES string of the molecule is O=C(COc1ccccc1C(=O)O)Nc1ccccc1F. The molecular weight excluding hydrogens is 277 g/mol. The van der Waals surface area contributed by atoms with Crippen LogP contribution < -0.4 is 10.1 Å². The van der Waals surface area contributed by atoms with Gasteiger partial charge in [-0.05, 0) is 24.3 Å².